The van der Waals surface area contributed by atoms with Gasteiger partial charge in [0.15, 0.2) is 5.76 Å². The summed E-state index contributed by atoms with van der Waals surface area (Å²) < 4.78 is 18.4. The van der Waals surface area contributed by atoms with Gasteiger partial charge in [0.05, 0.1) is 5.60 Å². The Labute approximate surface area is 110 Å². The largest absolute Gasteiger partial charge is 0.451 e. The van der Waals surface area contributed by atoms with Crippen LogP contribution < -0.4 is 0 Å². The first-order valence-corrected chi connectivity index (χ1v) is 5.93. The van der Waals surface area contributed by atoms with Crippen molar-refractivity contribution in [3.8, 4) is 0 Å². The third-order valence-corrected chi connectivity index (χ3v) is 2.66. The number of amides is 1. The van der Waals surface area contributed by atoms with Gasteiger partial charge < -0.3 is 14.4 Å². The minimum Gasteiger partial charge on any atom is -0.451 e. The van der Waals surface area contributed by atoms with Gasteiger partial charge in [0, 0.05) is 19.0 Å². The van der Waals surface area contributed by atoms with Crippen LogP contribution in [0.25, 0.3) is 11.0 Å². The number of aliphatic hydroxyl groups is 1. The summed E-state index contributed by atoms with van der Waals surface area (Å²) in [6, 6.07) is 5.57. The predicted molar refractivity (Wildman–Crippen MR) is 69.4 cm³/mol. The quantitative estimate of drug-likeness (QED) is 0.927. The zero-order chi connectivity index (χ0) is 14.2. The number of nitrogens with zero attached hydrogens (tertiary/aromatic N) is 1. The van der Waals surface area contributed by atoms with Gasteiger partial charge in [0.2, 0.25) is 0 Å². The second-order valence-corrected chi connectivity index (χ2v) is 5.27. The topological polar surface area (TPSA) is 53.7 Å². The highest BCUT2D eigenvalue weighted by Crippen LogP contribution is 2.21. The number of halogens is 1. The van der Waals surface area contributed by atoms with E-state index >= 15 is 0 Å². The molecule has 0 atom stereocenters. The summed E-state index contributed by atoms with van der Waals surface area (Å²) in [5, 5.41) is 10.2. The standard InChI is InChI=1S/C14H16FNO3/c1-14(2,18)8-16(3)13(17)12-7-9-6-10(15)4-5-11(9)19-12/h4-7,18H,8H2,1-3H3. The third-order valence-electron chi connectivity index (χ3n) is 2.66. The molecule has 1 N–H and O–H groups in total. The van der Waals surface area contributed by atoms with Crippen LogP contribution in [0.1, 0.15) is 24.4 Å². The van der Waals surface area contributed by atoms with Crippen LogP contribution in [0.3, 0.4) is 0 Å². The molecule has 0 aliphatic carbocycles. The Morgan fingerprint density at radius 2 is 2.11 bits per heavy atom. The zero-order valence-corrected chi connectivity index (χ0v) is 11.1. The first-order chi connectivity index (χ1) is 8.76. The lowest BCUT2D eigenvalue weighted by atomic mass is 10.1. The Kier molecular flexibility index (Phi) is 3.32. The molecular weight excluding hydrogens is 249 g/mol. The monoisotopic (exact) mass is 265 g/mol. The van der Waals surface area contributed by atoms with Crippen LogP contribution in [-0.4, -0.2) is 35.1 Å². The van der Waals surface area contributed by atoms with E-state index in [-0.39, 0.29) is 24.0 Å². The van der Waals surface area contributed by atoms with Crippen LogP contribution >= 0.6 is 0 Å². The molecule has 0 fully saturated rings. The molecule has 1 amide bonds. The van der Waals surface area contributed by atoms with Gasteiger partial charge in [-0.3, -0.25) is 4.79 Å². The molecule has 1 aromatic heterocycles. The summed E-state index contributed by atoms with van der Waals surface area (Å²) >= 11 is 0. The number of furan rings is 1. The molecule has 0 saturated heterocycles. The lowest BCUT2D eigenvalue weighted by molar-refractivity contribution is 0.0353. The average Bonchev–Trinajstić information content (AvgIpc) is 2.68. The molecule has 2 aromatic rings. The molecule has 1 heterocycles. The van der Waals surface area contributed by atoms with Gasteiger partial charge in [0.1, 0.15) is 11.4 Å². The van der Waals surface area contributed by atoms with Crippen LogP contribution in [0.2, 0.25) is 0 Å². The Bertz CT molecular complexity index is 613. The van der Waals surface area contributed by atoms with Crippen molar-refractivity contribution >= 4 is 16.9 Å². The van der Waals surface area contributed by atoms with E-state index in [1.807, 2.05) is 0 Å². The van der Waals surface area contributed by atoms with Crippen molar-refractivity contribution in [1.29, 1.82) is 0 Å². The van der Waals surface area contributed by atoms with Crippen molar-refractivity contribution in [3.63, 3.8) is 0 Å². The fourth-order valence-electron chi connectivity index (χ4n) is 1.96. The van der Waals surface area contributed by atoms with E-state index in [2.05, 4.69) is 0 Å². The lowest BCUT2D eigenvalue weighted by Crippen LogP contribution is -2.39. The fourth-order valence-corrected chi connectivity index (χ4v) is 1.96. The number of likely N-dealkylation sites (N-methyl/N-ethyl adjacent to an activating group) is 1. The molecule has 0 unspecified atom stereocenters. The third kappa shape index (κ3) is 3.12. The normalized spacial score (nSPS) is 11.8. The highest BCUT2D eigenvalue weighted by atomic mass is 19.1. The Morgan fingerprint density at radius 1 is 1.42 bits per heavy atom. The molecule has 4 nitrogen and oxygen atoms in total. The van der Waals surface area contributed by atoms with Crippen molar-refractivity contribution in [2.24, 2.45) is 0 Å². The Morgan fingerprint density at radius 3 is 2.74 bits per heavy atom. The maximum Gasteiger partial charge on any atom is 0.289 e. The van der Waals surface area contributed by atoms with Crippen LogP contribution in [0, 0.1) is 5.82 Å². The van der Waals surface area contributed by atoms with Gasteiger partial charge >= 0.3 is 0 Å². The number of hydrogen-bond donors (Lipinski definition) is 1. The van der Waals surface area contributed by atoms with Gasteiger partial charge in [0.25, 0.3) is 5.91 Å². The molecule has 0 bridgehead atoms. The van der Waals surface area contributed by atoms with Crippen molar-refractivity contribution in [1.82, 2.24) is 4.90 Å². The highest BCUT2D eigenvalue weighted by Gasteiger charge is 2.22. The Balaban J connectivity index is 2.26. The van der Waals surface area contributed by atoms with Crippen molar-refractivity contribution in [3.05, 3.63) is 35.8 Å². The van der Waals surface area contributed by atoms with E-state index in [9.17, 15) is 14.3 Å². The van der Waals surface area contributed by atoms with Gasteiger partial charge in [-0.05, 0) is 38.1 Å². The summed E-state index contributed by atoms with van der Waals surface area (Å²) in [6.45, 7) is 3.41. The molecule has 0 aliphatic rings. The van der Waals surface area contributed by atoms with Crippen LogP contribution in [0.5, 0.6) is 0 Å². The molecular formula is C14H16FNO3. The lowest BCUT2D eigenvalue weighted by Gasteiger charge is -2.24. The molecule has 19 heavy (non-hydrogen) atoms. The van der Waals surface area contributed by atoms with Gasteiger partial charge in [-0.15, -0.1) is 0 Å². The Hall–Kier alpha value is -1.88. The molecule has 0 spiro atoms. The fraction of sp³-hybridized carbons (Fsp3) is 0.357. The smallest absolute Gasteiger partial charge is 0.289 e. The van der Waals surface area contributed by atoms with E-state index in [1.54, 1.807) is 20.9 Å². The summed E-state index contributed by atoms with van der Waals surface area (Å²) in [7, 11) is 1.58. The summed E-state index contributed by atoms with van der Waals surface area (Å²) in [6.07, 6.45) is 0. The summed E-state index contributed by atoms with van der Waals surface area (Å²) in [5.41, 5.74) is -0.524. The van der Waals surface area contributed by atoms with Crippen LogP contribution in [0.15, 0.2) is 28.7 Å². The molecule has 1 aromatic carbocycles. The van der Waals surface area contributed by atoms with Crippen LogP contribution in [0.4, 0.5) is 4.39 Å². The first-order valence-electron chi connectivity index (χ1n) is 5.93. The minimum atomic E-state index is -0.984. The number of carbonyl (C=O) groups excluding carboxylic acids is 1. The van der Waals surface area contributed by atoms with Crippen molar-refractivity contribution < 1.29 is 18.7 Å². The molecule has 5 heteroatoms. The summed E-state index contributed by atoms with van der Waals surface area (Å²) in [4.78, 5) is 13.5. The van der Waals surface area contributed by atoms with E-state index in [1.165, 1.54) is 29.2 Å². The molecule has 102 valence electrons. The average molecular weight is 265 g/mol. The summed E-state index contributed by atoms with van der Waals surface area (Å²) in [5.74, 6) is -0.594. The van der Waals surface area contributed by atoms with Crippen LogP contribution in [-0.2, 0) is 0 Å². The van der Waals surface area contributed by atoms with E-state index in [0.29, 0.717) is 11.0 Å². The number of rotatable bonds is 3. The van der Waals surface area contributed by atoms with E-state index < -0.39 is 5.60 Å². The number of fused-ring (bicyclic) bond motifs is 1. The maximum absolute atomic E-state index is 13.1. The van der Waals surface area contributed by atoms with Gasteiger partial charge in [-0.2, -0.15) is 0 Å². The van der Waals surface area contributed by atoms with Crippen molar-refractivity contribution in [2.45, 2.75) is 19.4 Å². The highest BCUT2D eigenvalue weighted by molar-refractivity contribution is 5.96. The van der Waals surface area contributed by atoms with E-state index in [4.69, 9.17) is 4.42 Å². The predicted octanol–water partition coefficient (Wildman–Crippen LogP) is 2.41. The molecule has 0 saturated carbocycles. The maximum atomic E-state index is 13.1. The molecule has 2 rings (SSSR count). The van der Waals surface area contributed by atoms with Gasteiger partial charge in [-0.1, -0.05) is 0 Å². The second kappa shape index (κ2) is 4.66. The number of hydrogen-bond acceptors (Lipinski definition) is 3. The van der Waals surface area contributed by atoms with E-state index in [0.717, 1.165) is 0 Å². The zero-order valence-electron chi connectivity index (χ0n) is 11.1. The number of carbonyl (C=O) groups is 1. The SMILES string of the molecule is CN(CC(C)(C)O)C(=O)c1cc2cc(F)ccc2o1. The van der Waals surface area contributed by atoms with Crippen molar-refractivity contribution in [2.75, 3.05) is 13.6 Å². The minimum absolute atomic E-state index is 0.132. The van der Waals surface area contributed by atoms with Gasteiger partial charge in [-0.25, -0.2) is 4.39 Å². The molecule has 0 aliphatic heterocycles. The number of benzene rings is 1. The molecule has 0 radical (unpaired) electrons. The second-order valence-electron chi connectivity index (χ2n) is 5.27. The first kappa shape index (κ1) is 13.5.